The van der Waals surface area contributed by atoms with Crippen LogP contribution in [-0.4, -0.2) is 17.6 Å². The van der Waals surface area contributed by atoms with Crippen LogP contribution >= 0.6 is 0 Å². The molecule has 2 aromatic carbocycles. The van der Waals surface area contributed by atoms with Gasteiger partial charge in [0, 0.05) is 29.7 Å². The number of ether oxygens (including phenoxy) is 1. The Hall–Kier alpha value is -3.02. The van der Waals surface area contributed by atoms with E-state index in [1.165, 1.54) is 25.3 Å². The molecule has 0 aliphatic rings. The lowest BCUT2D eigenvalue weighted by Crippen LogP contribution is -2.05. The van der Waals surface area contributed by atoms with Crippen molar-refractivity contribution < 1.29 is 22.7 Å². The maximum Gasteiger partial charge on any atom is 0.416 e. The van der Waals surface area contributed by atoms with E-state index in [1.807, 2.05) is 35.0 Å². The number of carbonyl (C=O) groups excluding carboxylic acids is 1. The molecule has 0 N–H and O–H groups in total. The van der Waals surface area contributed by atoms with Gasteiger partial charge in [0.1, 0.15) is 0 Å². The third-order valence-corrected chi connectivity index (χ3v) is 4.04. The maximum atomic E-state index is 12.6. The zero-order chi connectivity index (χ0) is 18.7. The van der Waals surface area contributed by atoms with Gasteiger partial charge in [-0.3, -0.25) is 0 Å². The van der Waals surface area contributed by atoms with Crippen LogP contribution in [0.15, 0.2) is 60.8 Å². The molecule has 0 amide bonds. The summed E-state index contributed by atoms with van der Waals surface area (Å²) in [5.41, 5.74) is 1.95. The number of esters is 1. The van der Waals surface area contributed by atoms with Gasteiger partial charge in [0.15, 0.2) is 0 Å². The Morgan fingerprint density at radius 3 is 2.50 bits per heavy atom. The summed E-state index contributed by atoms with van der Waals surface area (Å²) in [4.78, 5) is 11.2. The number of rotatable bonds is 4. The normalized spacial score (nSPS) is 12.0. The number of hydrogen-bond acceptors (Lipinski definition) is 2. The molecule has 1 aromatic heterocycles. The molecule has 0 unspecified atom stereocenters. The Morgan fingerprint density at radius 2 is 1.85 bits per heavy atom. The van der Waals surface area contributed by atoms with Crippen molar-refractivity contribution in [3.05, 3.63) is 77.5 Å². The first kappa shape index (κ1) is 17.8. The minimum Gasteiger partial charge on any atom is -0.466 e. The zero-order valence-electron chi connectivity index (χ0n) is 14.0. The summed E-state index contributed by atoms with van der Waals surface area (Å²) < 4.78 is 44.4. The fourth-order valence-corrected chi connectivity index (χ4v) is 2.69. The van der Waals surface area contributed by atoms with Crippen LogP contribution in [0.1, 0.15) is 16.7 Å². The Bertz CT molecular complexity index is 953. The molecule has 1 heterocycles. The van der Waals surface area contributed by atoms with Crippen molar-refractivity contribution in [2.75, 3.05) is 7.11 Å². The van der Waals surface area contributed by atoms with E-state index in [-0.39, 0.29) is 0 Å². The van der Waals surface area contributed by atoms with Gasteiger partial charge < -0.3 is 9.30 Å². The van der Waals surface area contributed by atoms with Crippen molar-refractivity contribution in [1.29, 1.82) is 0 Å². The maximum absolute atomic E-state index is 12.6. The van der Waals surface area contributed by atoms with Gasteiger partial charge in [0.2, 0.25) is 0 Å². The predicted octanol–water partition coefficient (Wildman–Crippen LogP) is 4.89. The first-order valence-electron chi connectivity index (χ1n) is 7.88. The molecule has 0 saturated carbocycles. The highest BCUT2D eigenvalue weighted by Crippen LogP contribution is 2.29. The average molecular weight is 359 g/mol. The van der Waals surface area contributed by atoms with E-state index in [0.29, 0.717) is 6.54 Å². The minimum absolute atomic E-state index is 0.426. The molecule has 0 fully saturated rings. The van der Waals surface area contributed by atoms with Gasteiger partial charge in [-0.15, -0.1) is 0 Å². The number of aromatic nitrogens is 1. The lowest BCUT2D eigenvalue weighted by atomic mass is 10.1. The summed E-state index contributed by atoms with van der Waals surface area (Å²) in [5.74, 6) is -0.426. The van der Waals surface area contributed by atoms with E-state index >= 15 is 0 Å². The summed E-state index contributed by atoms with van der Waals surface area (Å²) in [7, 11) is 1.32. The molecule has 0 aliphatic heterocycles. The van der Waals surface area contributed by atoms with Crippen LogP contribution in [0.2, 0.25) is 0 Å². The Labute approximate surface area is 148 Å². The van der Waals surface area contributed by atoms with Gasteiger partial charge in [-0.2, -0.15) is 13.2 Å². The van der Waals surface area contributed by atoms with Crippen LogP contribution in [0, 0.1) is 0 Å². The molecular formula is C20H16F3NO2. The standard InChI is InChI=1S/C20H16F3NO2/c1-26-19(25)9-5-14-4-8-18-16(12-14)10-11-24(18)13-15-2-6-17(7-3-15)20(21,22)23/h2-12H,13H2,1H3/b9-5+. The number of benzene rings is 2. The van der Waals surface area contributed by atoms with Crippen molar-refractivity contribution in [3.8, 4) is 0 Å². The van der Waals surface area contributed by atoms with Gasteiger partial charge in [0.25, 0.3) is 0 Å². The largest absolute Gasteiger partial charge is 0.466 e. The number of carbonyl (C=O) groups is 1. The van der Waals surface area contributed by atoms with Crippen molar-refractivity contribution >= 4 is 22.9 Å². The molecule has 26 heavy (non-hydrogen) atoms. The molecule has 0 bridgehead atoms. The summed E-state index contributed by atoms with van der Waals surface area (Å²) >= 11 is 0. The second-order valence-electron chi connectivity index (χ2n) is 5.81. The molecule has 3 nitrogen and oxygen atoms in total. The number of nitrogens with zero attached hydrogens (tertiary/aromatic N) is 1. The molecule has 3 rings (SSSR count). The van der Waals surface area contributed by atoms with E-state index in [4.69, 9.17) is 0 Å². The number of alkyl halides is 3. The molecular weight excluding hydrogens is 343 g/mol. The monoisotopic (exact) mass is 359 g/mol. The second-order valence-corrected chi connectivity index (χ2v) is 5.81. The third kappa shape index (κ3) is 3.96. The van der Waals surface area contributed by atoms with E-state index in [2.05, 4.69) is 4.74 Å². The second kappa shape index (κ2) is 7.07. The number of methoxy groups -OCH3 is 1. The third-order valence-electron chi connectivity index (χ3n) is 4.04. The Kier molecular flexibility index (Phi) is 4.84. The summed E-state index contributed by atoms with van der Waals surface area (Å²) in [6, 6.07) is 12.8. The smallest absolute Gasteiger partial charge is 0.416 e. The highest BCUT2D eigenvalue weighted by atomic mass is 19.4. The van der Waals surface area contributed by atoms with Gasteiger partial charge in [-0.05, 0) is 47.5 Å². The topological polar surface area (TPSA) is 31.2 Å². The lowest BCUT2D eigenvalue weighted by molar-refractivity contribution is -0.137. The minimum atomic E-state index is -4.33. The number of halogens is 3. The average Bonchev–Trinajstić information content (AvgIpc) is 3.01. The van der Waals surface area contributed by atoms with Crippen LogP contribution in [0.3, 0.4) is 0 Å². The molecule has 134 valence electrons. The quantitative estimate of drug-likeness (QED) is 0.490. The first-order valence-corrected chi connectivity index (χ1v) is 7.88. The molecule has 0 atom stereocenters. The van der Waals surface area contributed by atoms with E-state index < -0.39 is 17.7 Å². The summed E-state index contributed by atoms with van der Waals surface area (Å²) in [6.45, 7) is 0.471. The number of hydrogen-bond donors (Lipinski definition) is 0. The van der Waals surface area contributed by atoms with Crippen molar-refractivity contribution in [2.45, 2.75) is 12.7 Å². The molecule has 6 heteroatoms. The summed E-state index contributed by atoms with van der Waals surface area (Å²) in [5, 5.41) is 0.976. The molecule has 0 spiro atoms. The highest BCUT2D eigenvalue weighted by Gasteiger charge is 2.29. The number of fused-ring (bicyclic) bond motifs is 1. The Balaban J connectivity index is 1.81. The molecule has 0 saturated heterocycles. The van der Waals surface area contributed by atoms with Crippen molar-refractivity contribution in [1.82, 2.24) is 4.57 Å². The van der Waals surface area contributed by atoms with Gasteiger partial charge >= 0.3 is 12.1 Å². The van der Waals surface area contributed by atoms with Crippen LogP contribution in [0.25, 0.3) is 17.0 Å². The van der Waals surface area contributed by atoms with E-state index in [1.54, 1.807) is 6.08 Å². The fraction of sp³-hybridized carbons (Fsp3) is 0.150. The van der Waals surface area contributed by atoms with Crippen LogP contribution in [0.4, 0.5) is 13.2 Å². The Morgan fingerprint density at radius 1 is 1.12 bits per heavy atom. The van der Waals surface area contributed by atoms with Crippen LogP contribution in [-0.2, 0) is 22.3 Å². The van der Waals surface area contributed by atoms with Gasteiger partial charge in [0.05, 0.1) is 12.7 Å². The van der Waals surface area contributed by atoms with Crippen LogP contribution in [0.5, 0.6) is 0 Å². The lowest BCUT2D eigenvalue weighted by Gasteiger charge is -2.09. The van der Waals surface area contributed by atoms with Crippen LogP contribution < -0.4 is 0 Å². The summed E-state index contributed by atoms with van der Waals surface area (Å²) in [6.07, 6.45) is 0.571. The van der Waals surface area contributed by atoms with Crippen molar-refractivity contribution in [3.63, 3.8) is 0 Å². The molecule has 0 aliphatic carbocycles. The highest BCUT2D eigenvalue weighted by molar-refractivity contribution is 5.89. The van der Waals surface area contributed by atoms with Crippen molar-refractivity contribution in [2.24, 2.45) is 0 Å². The predicted molar refractivity (Wildman–Crippen MR) is 93.5 cm³/mol. The zero-order valence-corrected chi connectivity index (χ0v) is 14.0. The first-order chi connectivity index (χ1) is 12.4. The SMILES string of the molecule is COC(=O)/C=C/c1ccc2c(ccn2Cc2ccc(C(F)(F)F)cc2)c1. The van der Waals surface area contributed by atoms with E-state index in [9.17, 15) is 18.0 Å². The molecule has 3 aromatic rings. The van der Waals surface area contributed by atoms with E-state index in [0.717, 1.165) is 34.2 Å². The fourth-order valence-electron chi connectivity index (χ4n) is 2.69. The van der Waals surface area contributed by atoms with Gasteiger partial charge in [-0.1, -0.05) is 18.2 Å². The molecule has 0 radical (unpaired) electrons. The van der Waals surface area contributed by atoms with Gasteiger partial charge in [-0.25, -0.2) is 4.79 Å².